The summed E-state index contributed by atoms with van der Waals surface area (Å²) >= 11 is 6.10. The molecule has 174 valence electrons. The molecule has 0 saturated heterocycles. The van der Waals surface area contributed by atoms with E-state index in [0.717, 1.165) is 29.7 Å². The van der Waals surface area contributed by atoms with Crippen molar-refractivity contribution in [2.75, 3.05) is 25.0 Å². The molecule has 32 heavy (non-hydrogen) atoms. The van der Waals surface area contributed by atoms with Crippen LogP contribution in [0.2, 0.25) is 5.02 Å². The SMILES string of the molecule is CCc1cccc(CC)c1NC(=O)COC(=O)c1ccc(Cl)c(S(=O)(=O)N(CC)CC)c1. The minimum Gasteiger partial charge on any atom is -0.452 e. The summed E-state index contributed by atoms with van der Waals surface area (Å²) in [7, 11) is -3.86. The van der Waals surface area contributed by atoms with Crippen LogP contribution in [0.5, 0.6) is 0 Å². The maximum Gasteiger partial charge on any atom is 0.338 e. The molecular formula is C23H29ClN2O5S. The molecule has 0 aromatic heterocycles. The Hall–Kier alpha value is -2.42. The number of carbonyl (C=O) groups excluding carboxylic acids is 2. The highest BCUT2D eigenvalue weighted by Crippen LogP contribution is 2.26. The van der Waals surface area contributed by atoms with Crippen LogP contribution in [-0.2, 0) is 32.4 Å². The van der Waals surface area contributed by atoms with E-state index in [-0.39, 0.29) is 28.6 Å². The van der Waals surface area contributed by atoms with E-state index in [1.54, 1.807) is 13.8 Å². The first-order valence-electron chi connectivity index (χ1n) is 10.6. The lowest BCUT2D eigenvalue weighted by molar-refractivity contribution is -0.119. The fraction of sp³-hybridized carbons (Fsp3) is 0.391. The summed E-state index contributed by atoms with van der Waals surface area (Å²) in [4.78, 5) is 24.7. The van der Waals surface area contributed by atoms with Gasteiger partial charge in [0.05, 0.1) is 10.6 Å². The molecule has 0 saturated carbocycles. The van der Waals surface area contributed by atoms with E-state index in [0.29, 0.717) is 0 Å². The lowest BCUT2D eigenvalue weighted by Gasteiger charge is -2.19. The molecule has 0 aliphatic heterocycles. The Bertz CT molecular complexity index is 1060. The fourth-order valence-corrected chi connectivity index (χ4v) is 5.28. The molecule has 2 aromatic carbocycles. The molecule has 0 fully saturated rings. The van der Waals surface area contributed by atoms with Crippen LogP contribution in [0.1, 0.15) is 49.2 Å². The number of hydrogen-bond donors (Lipinski definition) is 1. The average molecular weight is 481 g/mol. The van der Waals surface area contributed by atoms with E-state index in [4.69, 9.17) is 16.3 Å². The standard InChI is InChI=1S/C23H29ClN2O5S/c1-5-16-10-9-11-17(6-2)22(16)25-21(27)15-31-23(28)18-12-13-19(24)20(14-18)32(29,30)26(7-3)8-4/h9-14H,5-8,15H2,1-4H3,(H,25,27). The van der Waals surface area contributed by atoms with E-state index >= 15 is 0 Å². The van der Waals surface area contributed by atoms with Crippen LogP contribution in [0.15, 0.2) is 41.3 Å². The summed E-state index contributed by atoms with van der Waals surface area (Å²) in [5.41, 5.74) is 2.72. The number of amides is 1. The molecule has 1 amide bonds. The van der Waals surface area contributed by atoms with Crippen molar-refractivity contribution in [1.82, 2.24) is 4.31 Å². The molecule has 0 bridgehead atoms. The first kappa shape index (κ1) is 25.8. The number of halogens is 1. The van der Waals surface area contributed by atoms with Crippen molar-refractivity contribution in [2.45, 2.75) is 45.4 Å². The summed E-state index contributed by atoms with van der Waals surface area (Å²) < 4.78 is 32.0. The summed E-state index contributed by atoms with van der Waals surface area (Å²) in [6.45, 7) is 7.45. The van der Waals surface area contributed by atoms with Crippen molar-refractivity contribution in [3.8, 4) is 0 Å². The first-order valence-corrected chi connectivity index (χ1v) is 12.4. The Kier molecular flexibility index (Phi) is 9.24. The maximum absolute atomic E-state index is 12.8. The highest BCUT2D eigenvalue weighted by Gasteiger charge is 2.26. The number of anilines is 1. The molecule has 2 aromatic rings. The third-order valence-electron chi connectivity index (χ3n) is 5.09. The lowest BCUT2D eigenvalue weighted by Crippen LogP contribution is -2.31. The number of para-hydroxylation sites is 1. The van der Waals surface area contributed by atoms with Gasteiger partial charge in [-0.1, -0.05) is 57.5 Å². The summed E-state index contributed by atoms with van der Waals surface area (Å²) in [5, 5.41) is 2.83. The van der Waals surface area contributed by atoms with Gasteiger partial charge in [-0.15, -0.1) is 0 Å². The van der Waals surface area contributed by atoms with Gasteiger partial charge in [0, 0.05) is 18.8 Å². The predicted molar refractivity (Wildman–Crippen MR) is 126 cm³/mol. The molecule has 0 unspecified atom stereocenters. The second kappa shape index (κ2) is 11.4. The van der Waals surface area contributed by atoms with Crippen LogP contribution in [0.3, 0.4) is 0 Å². The van der Waals surface area contributed by atoms with Crippen molar-refractivity contribution < 1.29 is 22.7 Å². The van der Waals surface area contributed by atoms with E-state index in [1.807, 2.05) is 32.0 Å². The second-order valence-corrected chi connectivity index (χ2v) is 9.33. The van der Waals surface area contributed by atoms with Gasteiger partial charge in [-0.25, -0.2) is 13.2 Å². The van der Waals surface area contributed by atoms with Gasteiger partial charge in [0.15, 0.2) is 6.61 Å². The molecule has 1 N–H and O–H groups in total. The first-order chi connectivity index (χ1) is 15.2. The van der Waals surface area contributed by atoms with Crippen LogP contribution in [-0.4, -0.2) is 44.3 Å². The molecule has 2 rings (SSSR count). The third kappa shape index (κ3) is 5.88. The largest absolute Gasteiger partial charge is 0.452 e. The average Bonchev–Trinajstić information content (AvgIpc) is 2.78. The zero-order valence-electron chi connectivity index (χ0n) is 18.8. The van der Waals surface area contributed by atoms with Gasteiger partial charge in [-0.05, 0) is 42.2 Å². The van der Waals surface area contributed by atoms with Crippen molar-refractivity contribution in [1.29, 1.82) is 0 Å². The number of sulfonamides is 1. The maximum atomic E-state index is 12.8. The molecular weight excluding hydrogens is 452 g/mol. The number of esters is 1. The van der Waals surface area contributed by atoms with Crippen LogP contribution >= 0.6 is 11.6 Å². The zero-order chi connectivity index (χ0) is 23.9. The van der Waals surface area contributed by atoms with E-state index in [1.165, 1.54) is 22.5 Å². The Morgan fingerprint density at radius 1 is 1.00 bits per heavy atom. The molecule has 0 aliphatic rings. The Labute approximate surface area is 194 Å². The number of benzene rings is 2. The van der Waals surface area contributed by atoms with Crippen LogP contribution in [0.4, 0.5) is 5.69 Å². The summed E-state index contributed by atoms with van der Waals surface area (Å²) in [6, 6.07) is 9.69. The Morgan fingerprint density at radius 2 is 1.59 bits per heavy atom. The predicted octanol–water partition coefficient (Wildman–Crippen LogP) is 4.29. The molecule has 0 atom stereocenters. The van der Waals surface area contributed by atoms with Gasteiger partial charge in [0.25, 0.3) is 5.91 Å². The van der Waals surface area contributed by atoms with Crippen molar-refractivity contribution in [3.05, 3.63) is 58.1 Å². The van der Waals surface area contributed by atoms with Gasteiger partial charge in [0.2, 0.25) is 10.0 Å². The van der Waals surface area contributed by atoms with Crippen molar-refractivity contribution in [2.24, 2.45) is 0 Å². The lowest BCUT2D eigenvalue weighted by atomic mass is 10.0. The van der Waals surface area contributed by atoms with Gasteiger partial charge < -0.3 is 10.1 Å². The Morgan fingerprint density at radius 3 is 2.12 bits per heavy atom. The molecule has 7 nitrogen and oxygen atoms in total. The van der Waals surface area contributed by atoms with E-state index in [2.05, 4.69) is 5.32 Å². The van der Waals surface area contributed by atoms with Crippen LogP contribution in [0, 0.1) is 0 Å². The topological polar surface area (TPSA) is 92.8 Å². The molecule has 0 aliphatic carbocycles. The van der Waals surface area contributed by atoms with Gasteiger partial charge in [-0.3, -0.25) is 4.79 Å². The molecule has 9 heteroatoms. The number of ether oxygens (including phenoxy) is 1. The van der Waals surface area contributed by atoms with Gasteiger partial charge in [0.1, 0.15) is 4.90 Å². The van der Waals surface area contributed by atoms with Gasteiger partial charge in [-0.2, -0.15) is 4.31 Å². The highest BCUT2D eigenvalue weighted by molar-refractivity contribution is 7.89. The smallest absolute Gasteiger partial charge is 0.338 e. The number of nitrogens with zero attached hydrogens (tertiary/aromatic N) is 1. The van der Waals surface area contributed by atoms with Gasteiger partial charge >= 0.3 is 5.97 Å². The number of nitrogens with one attached hydrogen (secondary N) is 1. The molecule has 0 radical (unpaired) electrons. The number of carbonyl (C=O) groups is 2. The van der Waals surface area contributed by atoms with E-state index in [9.17, 15) is 18.0 Å². The van der Waals surface area contributed by atoms with Crippen molar-refractivity contribution in [3.63, 3.8) is 0 Å². The zero-order valence-corrected chi connectivity index (χ0v) is 20.3. The number of rotatable bonds is 10. The monoisotopic (exact) mass is 480 g/mol. The normalized spacial score (nSPS) is 11.4. The summed E-state index contributed by atoms with van der Waals surface area (Å²) in [5.74, 6) is -1.29. The third-order valence-corrected chi connectivity index (χ3v) is 7.62. The minimum atomic E-state index is -3.86. The van der Waals surface area contributed by atoms with Crippen LogP contribution < -0.4 is 5.32 Å². The summed E-state index contributed by atoms with van der Waals surface area (Å²) in [6.07, 6.45) is 1.50. The highest BCUT2D eigenvalue weighted by atomic mass is 35.5. The van der Waals surface area contributed by atoms with E-state index < -0.39 is 28.5 Å². The second-order valence-electron chi connectivity index (χ2n) is 7.02. The van der Waals surface area contributed by atoms with Crippen LogP contribution in [0.25, 0.3) is 0 Å². The number of aryl methyl sites for hydroxylation is 2. The fourth-order valence-electron chi connectivity index (χ4n) is 3.32. The molecule has 0 heterocycles. The Balaban J connectivity index is 2.15. The minimum absolute atomic E-state index is 0.00358. The molecule has 0 spiro atoms. The quantitative estimate of drug-likeness (QED) is 0.512. The van der Waals surface area contributed by atoms with Crippen molar-refractivity contribution >= 4 is 39.2 Å². The number of hydrogen-bond acceptors (Lipinski definition) is 5.